The third kappa shape index (κ3) is 4.30. The van der Waals surface area contributed by atoms with Crippen LogP contribution in [0.1, 0.15) is 40.0 Å². The summed E-state index contributed by atoms with van der Waals surface area (Å²) in [5, 5.41) is 0. The monoisotopic (exact) mass is 359 g/mol. The van der Waals surface area contributed by atoms with Crippen LogP contribution in [-0.2, 0) is 37.5 Å². The van der Waals surface area contributed by atoms with Gasteiger partial charge in [-0.1, -0.05) is 33.1 Å². The summed E-state index contributed by atoms with van der Waals surface area (Å²) >= 11 is 0. The molecular weight excluding hydrogens is 335 g/mol. The number of rotatable bonds is 2. The maximum Gasteiger partial charge on any atom is 0.240 e. The fraction of sp³-hybridized carbons (Fsp3) is 0.611. The van der Waals surface area contributed by atoms with Crippen molar-refractivity contribution in [1.82, 2.24) is 4.90 Å². The fourth-order valence-corrected chi connectivity index (χ4v) is 2.78. The van der Waals surface area contributed by atoms with Gasteiger partial charge in [0.2, 0.25) is 5.91 Å². The topological polar surface area (TPSA) is 20.3 Å². The maximum atomic E-state index is 12.1. The summed E-state index contributed by atoms with van der Waals surface area (Å²) in [6.45, 7) is 6.64. The van der Waals surface area contributed by atoms with Gasteiger partial charge in [0.05, 0.1) is 0 Å². The summed E-state index contributed by atoms with van der Waals surface area (Å²) in [4.78, 5) is 13.7. The van der Waals surface area contributed by atoms with Crippen molar-refractivity contribution in [2.75, 3.05) is 14.1 Å². The van der Waals surface area contributed by atoms with Gasteiger partial charge in [0.15, 0.2) is 0 Å². The van der Waals surface area contributed by atoms with E-state index in [1.54, 1.807) is 19.0 Å². The Kier molecular flexibility index (Phi) is 6.44. The third-order valence-electron chi connectivity index (χ3n) is 4.12. The van der Waals surface area contributed by atoms with Crippen molar-refractivity contribution < 1.29 is 37.5 Å². The van der Waals surface area contributed by atoms with Crippen molar-refractivity contribution in [2.45, 2.75) is 40.0 Å². The molecule has 2 rings (SSSR count). The Morgan fingerprint density at radius 2 is 2.05 bits per heavy atom. The largest absolute Gasteiger partial charge is 0.348 e. The second kappa shape index (κ2) is 7.25. The van der Waals surface area contributed by atoms with Gasteiger partial charge in [-0.15, -0.1) is 11.5 Å². The number of carbonyl (C=O) groups excluding carboxylic acids is 1. The number of nitrogens with zero attached hydrogens (tertiary/aromatic N) is 1. The first-order chi connectivity index (χ1) is 9.35. The van der Waals surface area contributed by atoms with E-state index in [0.29, 0.717) is 11.8 Å². The van der Waals surface area contributed by atoms with Crippen molar-refractivity contribution in [3.05, 3.63) is 23.3 Å². The molecule has 1 unspecified atom stereocenters. The Hall–Kier alpha value is -0.386. The molecule has 1 radical (unpaired) electrons. The molecule has 111 valence electrons. The van der Waals surface area contributed by atoms with Gasteiger partial charge in [-0.05, 0) is 18.8 Å². The van der Waals surface area contributed by atoms with E-state index in [-0.39, 0.29) is 38.6 Å². The molecule has 3 heteroatoms. The van der Waals surface area contributed by atoms with Gasteiger partial charge in [0.25, 0.3) is 0 Å². The zero-order valence-electron chi connectivity index (χ0n) is 13.8. The summed E-state index contributed by atoms with van der Waals surface area (Å²) in [7, 11) is 3.61. The molecule has 1 atom stereocenters. The number of carbonyl (C=O) groups is 1. The van der Waals surface area contributed by atoms with Crippen LogP contribution in [0, 0.1) is 35.2 Å². The second-order valence-corrected chi connectivity index (χ2v) is 6.56. The van der Waals surface area contributed by atoms with Gasteiger partial charge in [-0.25, -0.2) is 6.08 Å². The molecule has 21 heavy (non-hydrogen) atoms. The fourth-order valence-electron chi connectivity index (χ4n) is 2.78. The molecule has 2 aliphatic rings. The first kappa shape index (κ1) is 18.7. The molecule has 2 nitrogen and oxygen atoms in total. The van der Waals surface area contributed by atoms with E-state index in [2.05, 4.69) is 38.7 Å². The maximum absolute atomic E-state index is 12.1. The van der Waals surface area contributed by atoms with Crippen LogP contribution in [0.3, 0.4) is 0 Å². The quantitative estimate of drug-likeness (QED) is 0.548. The number of allylic oxidation sites excluding steroid dienone is 4. The SMILES string of the molecule is CC(C)C1=[C-]C=C(C#CC2(C(=O)N(C)C)CC2)CC1C.[Y]. The summed E-state index contributed by atoms with van der Waals surface area (Å²) in [6, 6.07) is 0. The van der Waals surface area contributed by atoms with E-state index < -0.39 is 5.41 Å². The van der Waals surface area contributed by atoms with Gasteiger partial charge in [-0.3, -0.25) is 10.9 Å². The minimum Gasteiger partial charge on any atom is -0.348 e. The van der Waals surface area contributed by atoms with Crippen molar-refractivity contribution in [3.63, 3.8) is 0 Å². The first-order valence-electron chi connectivity index (χ1n) is 7.43. The molecule has 0 aromatic carbocycles. The first-order valence-corrected chi connectivity index (χ1v) is 7.43. The number of hydrogen-bond donors (Lipinski definition) is 0. The molecule has 0 aliphatic heterocycles. The van der Waals surface area contributed by atoms with Crippen LogP contribution in [0.5, 0.6) is 0 Å². The van der Waals surface area contributed by atoms with Gasteiger partial charge in [0, 0.05) is 46.8 Å². The van der Waals surface area contributed by atoms with E-state index in [9.17, 15) is 4.79 Å². The van der Waals surface area contributed by atoms with Crippen LogP contribution in [0.15, 0.2) is 17.2 Å². The normalized spacial score (nSPS) is 22.3. The Morgan fingerprint density at radius 3 is 2.48 bits per heavy atom. The standard InChI is InChI=1S/C18H24NO.Y/c1-13(2)16-7-6-15(12-14(16)3)8-9-18(10-11-18)17(20)19(4)5;/h6,13-14H,10-12H2,1-5H3;/q-1;. The van der Waals surface area contributed by atoms with Crippen LogP contribution in [0.25, 0.3) is 0 Å². The minimum absolute atomic E-state index is 0. The molecule has 0 aromatic rings. The predicted molar refractivity (Wildman–Crippen MR) is 81.6 cm³/mol. The molecular formula is C18H24NOY-. The Morgan fingerprint density at radius 1 is 1.43 bits per heavy atom. The average molecular weight is 359 g/mol. The number of hydrogen-bond acceptors (Lipinski definition) is 1. The molecule has 2 aliphatic carbocycles. The zero-order valence-corrected chi connectivity index (χ0v) is 16.6. The zero-order chi connectivity index (χ0) is 14.9. The second-order valence-electron chi connectivity index (χ2n) is 6.56. The van der Waals surface area contributed by atoms with E-state index >= 15 is 0 Å². The number of amides is 1. The van der Waals surface area contributed by atoms with Crippen molar-refractivity contribution in [2.24, 2.45) is 17.3 Å². The minimum atomic E-state index is -0.393. The third-order valence-corrected chi connectivity index (χ3v) is 4.12. The molecule has 1 amide bonds. The molecule has 0 saturated heterocycles. The Bertz CT molecular complexity index is 527. The van der Waals surface area contributed by atoms with Crippen LogP contribution in [0.4, 0.5) is 0 Å². The van der Waals surface area contributed by atoms with E-state index in [1.165, 1.54) is 5.57 Å². The van der Waals surface area contributed by atoms with Crippen molar-refractivity contribution in [1.29, 1.82) is 0 Å². The van der Waals surface area contributed by atoms with E-state index in [0.717, 1.165) is 24.8 Å². The van der Waals surface area contributed by atoms with Crippen LogP contribution >= 0.6 is 0 Å². The molecule has 0 N–H and O–H groups in total. The Balaban J connectivity index is 0.00000220. The average Bonchev–Trinajstić information content (AvgIpc) is 3.16. The van der Waals surface area contributed by atoms with E-state index in [1.807, 2.05) is 6.08 Å². The summed E-state index contributed by atoms with van der Waals surface area (Å²) in [5.74, 6) is 7.66. The van der Waals surface area contributed by atoms with Crippen LogP contribution < -0.4 is 0 Å². The smallest absolute Gasteiger partial charge is 0.240 e. The molecule has 0 spiro atoms. The van der Waals surface area contributed by atoms with Gasteiger partial charge < -0.3 is 4.90 Å². The van der Waals surface area contributed by atoms with Crippen LogP contribution in [0.2, 0.25) is 0 Å². The van der Waals surface area contributed by atoms with Crippen molar-refractivity contribution in [3.8, 4) is 11.8 Å². The summed E-state index contributed by atoms with van der Waals surface area (Å²) in [5.41, 5.74) is 2.09. The summed E-state index contributed by atoms with van der Waals surface area (Å²) in [6.07, 6.45) is 8.17. The van der Waals surface area contributed by atoms with Gasteiger partial charge in [-0.2, -0.15) is 11.5 Å². The van der Waals surface area contributed by atoms with Gasteiger partial charge >= 0.3 is 0 Å². The van der Waals surface area contributed by atoms with Crippen molar-refractivity contribution >= 4 is 5.91 Å². The van der Waals surface area contributed by atoms with E-state index in [4.69, 9.17) is 0 Å². The molecule has 0 bridgehead atoms. The van der Waals surface area contributed by atoms with Crippen LogP contribution in [-0.4, -0.2) is 24.9 Å². The predicted octanol–water partition coefficient (Wildman–Crippen LogP) is 3.21. The molecule has 0 heterocycles. The molecule has 1 saturated carbocycles. The van der Waals surface area contributed by atoms with Gasteiger partial charge in [0.1, 0.15) is 5.41 Å². The Labute approximate surface area is 154 Å². The molecule has 1 fully saturated rings. The molecule has 0 aromatic heterocycles. The summed E-state index contributed by atoms with van der Waals surface area (Å²) < 4.78 is 0.